The number of thioether (sulfide) groups is 1. The van der Waals surface area contributed by atoms with Gasteiger partial charge in [-0.05, 0) is 12.3 Å². The van der Waals surface area contributed by atoms with Crippen LogP contribution in [-0.2, 0) is 22.0 Å². The van der Waals surface area contributed by atoms with E-state index in [9.17, 15) is 8.42 Å². The van der Waals surface area contributed by atoms with Crippen molar-refractivity contribution in [3.63, 3.8) is 0 Å². The third kappa shape index (κ3) is 4.33. The Kier molecular flexibility index (Phi) is 5.10. The van der Waals surface area contributed by atoms with E-state index in [1.165, 1.54) is 11.8 Å². The van der Waals surface area contributed by atoms with Crippen molar-refractivity contribution >= 4 is 32.9 Å². The lowest BCUT2D eigenvalue weighted by Crippen LogP contribution is -2.07. The molecule has 0 radical (unpaired) electrons. The lowest BCUT2D eigenvalue weighted by Gasteiger charge is -2.01. The van der Waals surface area contributed by atoms with Gasteiger partial charge in [-0.3, -0.25) is 0 Å². The molecule has 3 aromatic rings. The Balaban J connectivity index is 1.33. The second kappa shape index (κ2) is 7.50. The molecule has 26 heavy (non-hydrogen) atoms. The number of hydrogen-bond acceptors (Lipinski definition) is 8. The number of nitrogens with zero attached hydrogens (tertiary/aromatic N) is 3. The zero-order chi connectivity index (χ0) is 18.0. The van der Waals surface area contributed by atoms with Crippen molar-refractivity contribution in [3.8, 4) is 10.6 Å². The lowest BCUT2D eigenvalue weighted by atomic mass is 10.1. The maximum Gasteiger partial charge on any atom is 0.276 e. The Morgan fingerprint density at radius 1 is 1.23 bits per heavy atom. The number of benzene rings is 1. The second-order valence-electron chi connectivity index (χ2n) is 6.23. The summed E-state index contributed by atoms with van der Waals surface area (Å²) in [6.45, 7) is 0. The highest BCUT2D eigenvalue weighted by molar-refractivity contribution is 7.98. The van der Waals surface area contributed by atoms with Crippen LogP contribution in [0.4, 0.5) is 0 Å². The first kappa shape index (κ1) is 17.7. The molecule has 4 rings (SSSR count). The number of aromatic nitrogens is 3. The maximum absolute atomic E-state index is 11.5. The SMILES string of the molecule is O=S1(=O)CCC(Cc2nnc(SCc3csc(-c4ccccc4)n3)o2)C1. The molecular weight excluding hydrogens is 390 g/mol. The third-order valence-corrected chi connectivity index (χ3v) is 7.78. The number of hydrogen-bond donors (Lipinski definition) is 0. The van der Waals surface area contributed by atoms with Crippen molar-refractivity contribution in [2.45, 2.75) is 23.8 Å². The average Bonchev–Trinajstić information content (AvgIpc) is 3.34. The maximum atomic E-state index is 11.5. The quantitative estimate of drug-likeness (QED) is 0.578. The summed E-state index contributed by atoms with van der Waals surface area (Å²) in [5, 5.41) is 11.6. The highest BCUT2D eigenvalue weighted by atomic mass is 32.2. The molecule has 1 unspecified atom stereocenters. The fraction of sp³-hybridized carbons (Fsp3) is 0.353. The van der Waals surface area contributed by atoms with Crippen molar-refractivity contribution < 1.29 is 12.8 Å². The Bertz CT molecular complexity index is 983. The molecule has 1 fully saturated rings. The normalized spacial score (nSPS) is 19.0. The molecule has 1 aromatic carbocycles. The number of sulfone groups is 1. The average molecular weight is 408 g/mol. The highest BCUT2D eigenvalue weighted by Gasteiger charge is 2.29. The first-order valence-corrected chi connectivity index (χ1v) is 11.9. The molecule has 0 aliphatic carbocycles. The van der Waals surface area contributed by atoms with Gasteiger partial charge in [0.2, 0.25) is 5.89 Å². The smallest absolute Gasteiger partial charge is 0.276 e. The molecule has 1 aliphatic rings. The summed E-state index contributed by atoms with van der Waals surface area (Å²) in [7, 11) is -2.88. The Labute approximate surface area is 160 Å². The zero-order valence-corrected chi connectivity index (χ0v) is 16.3. The summed E-state index contributed by atoms with van der Waals surface area (Å²) in [4.78, 5) is 4.64. The van der Waals surface area contributed by atoms with Crippen LogP contribution in [0.3, 0.4) is 0 Å². The summed E-state index contributed by atoms with van der Waals surface area (Å²) in [5.74, 6) is 1.74. The second-order valence-corrected chi connectivity index (χ2v) is 10.2. The molecule has 0 spiro atoms. The lowest BCUT2D eigenvalue weighted by molar-refractivity contribution is 0.389. The van der Waals surface area contributed by atoms with Crippen molar-refractivity contribution in [2.75, 3.05) is 11.5 Å². The van der Waals surface area contributed by atoms with Gasteiger partial charge < -0.3 is 4.42 Å². The summed E-state index contributed by atoms with van der Waals surface area (Å²) in [5.41, 5.74) is 2.08. The van der Waals surface area contributed by atoms with Gasteiger partial charge in [0.05, 0.1) is 17.2 Å². The van der Waals surface area contributed by atoms with E-state index in [1.54, 1.807) is 11.3 Å². The Hall–Kier alpha value is -1.71. The Morgan fingerprint density at radius 3 is 2.85 bits per heavy atom. The van der Waals surface area contributed by atoms with Crippen LogP contribution in [-0.4, -0.2) is 35.1 Å². The van der Waals surface area contributed by atoms with E-state index in [-0.39, 0.29) is 17.4 Å². The summed E-state index contributed by atoms with van der Waals surface area (Å²) in [6.07, 6.45) is 1.20. The predicted octanol–water partition coefficient (Wildman–Crippen LogP) is 3.46. The predicted molar refractivity (Wildman–Crippen MR) is 102 cm³/mol. The van der Waals surface area contributed by atoms with Crippen LogP contribution in [0.1, 0.15) is 18.0 Å². The van der Waals surface area contributed by atoms with Crippen LogP contribution < -0.4 is 0 Å². The van der Waals surface area contributed by atoms with Crippen molar-refractivity contribution in [2.24, 2.45) is 5.92 Å². The molecule has 136 valence electrons. The van der Waals surface area contributed by atoms with Crippen LogP contribution in [0.25, 0.3) is 10.6 Å². The summed E-state index contributed by atoms with van der Waals surface area (Å²) in [6, 6.07) is 10.1. The number of rotatable bonds is 6. The monoisotopic (exact) mass is 407 g/mol. The minimum atomic E-state index is -2.88. The standard InChI is InChI=1S/C17H17N3O3S3/c21-26(22)7-6-12(11-26)8-15-19-20-17(23-15)25-10-14-9-24-16(18-14)13-4-2-1-3-5-13/h1-5,9,12H,6-8,10-11H2. The van der Waals surface area contributed by atoms with E-state index in [1.807, 2.05) is 35.7 Å². The molecule has 1 saturated heterocycles. The van der Waals surface area contributed by atoms with E-state index in [4.69, 9.17) is 4.42 Å². The molecule has 0 bridgehead atoms. The molecule has 1 atom stereocenters. The molecule has 0 amide bonds. The molecule has 6 nitrogen and oxygen atoms in total. The van der Waals surface area contributed by atoms with Crippen LogP contribution in [0, 0.1) is 5.92 Å². The molecule has 9 heteroatoms. The molecule has 1 aliphatic heterocycles. The van der Waals surface area contributed by atoms with Crippen molar-refractivity contribution in [1.29, 1.82) is 0 Å². The van der Waals surface area contributed by atoms with E-state index < -0.39 is 9.84 Å². The topological polar surface area (TPSA) is 86.0 Å². The van der Waals surface area contributed by atoms with Gasteiger partial charge >= 0.3 is 0 Å². The number of thiazole rings is 1. The van der Waals surface area contributed by atoms with Gasteiger partial charge in [0.15, 0.2) is 9.84 Å². The van der Waals surface area contributed by atoms with E-state index >= 15 is 0 Å². The molecular formula is C17H17N3O3S3. The van der Waals surface area contributed by atoms with Gasteiger partial charge in [0.1, 0.15) is 5.01 Å². The largest absolute Gasteiger partial charge is 0.416 e. The van der Waals surface area contributed by atoms with Gasteiger partial charge in [0.25, 0.3) is 5.22 Å². The molecule has 0 saturated carbocycles. The fourth-order valence-electron chi connectivity index (χ4n) is 2.88. The van der Waals surface area contributed by atoms with E-state index in [2.05, 4.69) is 15.2 Å². The van der Waals surface area contributed by atoms with Crippen molar-refractivity contribution in [1.82, 2.24) is 15.2 Å². The summed E-state index contributed by atoms with van der Waals surface area (Å²) >= 11 is 3.06. The minimum Gasteiger partial charge on any atom is -0.416 e. The zero-order valence-electron chi connectivity index (χ0n) is 13.9. The molecule has 2 aromatic heterocycles. The molecule has 3 heterocycles. The Morgan fingerprint density at radius 2 is 2.08 bits per heavy atom. The van der Waals surface area contributed by atoms with Crippen LogP contribution in [0.2, 0.25) is 0 Å². The van der Waals surface area contributed by atoms with Gasteiger partial charge in [0, 0.05) is 23.1 Å². The van der Waals surface area contributed by atoms with Gasteiger partial charge in [-0.1, -0.05) is 42.1 Å². The van der Waals surface area contributed by atoms with E-state index in [0.717, 1.165) is 16.3 Å². The minimum absolute atomic E-state index is 0.0882. The van der Waals surface area contributed by atoms with Crippen LogP contribution >= 0.6 is 23.1 Å². The fourth-order valence-corrected chi connectivity index (χ4v) is 6.35. The van der Waals surface area contributed by atoms with Gasteiger partial charge in [-0.2, -0.15) is 0 Å². The first-order valence-electron chi connectivity index (χ1n) is 8.23. The molecule has 0 N–H and O–H groups in total. The first-order chi connectivity index (χ1) is 12.6. The summed E-state index contributed by atoms with van der Waals surface area (Å²) < 4.78 is 28.7. The highest BCUT2D eigenvalue weighted by Crippen LogP contribution is 2.28. The van der Waals surface area contributed by atoms with Crippen LogP contribution in [0.5, 0.6) is 0 Å². The van der Waals surface area contributed by atoms with Gasteiger partial charge in [-0.15, -0.1) is 21.5 Å². The van der Waals surface area contributed by atoms with E-state index in [0.29, 0.717) is 29.7 Å². The third-order valence-electron chi connectivity index (χ3n) is 4.15. The van der Waals surface area contributed by atoms with Crippen molar-refractivity contribution in [3.05, 3.63) is 47.3 Å². The van der Waals surface area contributed by atoms with Crippen LogP contribution in [0.15, 0.2) is 45.4 Å². The van der Waals surface area contributed by atoms with Gasteiger partial charge in [-0.25, -0.2) is 13.4 Å².